The van der Waals surface area contributed by atoms with Gasteiger partial charge in [-0.25, -0.2) is 0 Å². The molecule has 1 N–H and O–H groups in total. The van der Waals surface area contributed by atoms with Crippen molar-refractivity contribution in [3.05, 3.63) is 60.2 Å². The van der Waals surface area contributed by atoms with Crippen LogP contribution in [-0.4, -0.2) is 42.6 Å². The lowest BCUT2D eigenvalue weighted by atomic mass is 9.93. The van der Waals surface area contributed by atoms with E-state index >= 15 is 0 Å². The number of aliphatic hydroxyl groups is 1. The van der Waals surface area contributed by atoms with E-state index in [0.717, 1.165) is 16.2 Å². The minimum Gasteiger partial charge on any atom is -0.497 e. The number of thioether (sulfide) groups is 1. The van der Waals surface area contributed by atoms with Crippen LogP contribution in [-0.2, 0) is 14.2 Å². The topological polar surface area (TPSA) is 57.2 Å². The van der Waals surface area contributed by atoms with Crippen LogP contribution < -0.4 is 4.74 Å². The van der Waals surface area contributed by atoms with E-state index in [2.05, 4.69) is 0 Å². The van der Waals surface area contributed by atoms with Crippen molar-refractivity contribution in [1.82, 2.24) is 0 Å². The first-order chi connectivity index (χ1) is 13.2. The first-order valence-electron chi connectivity index (χ1n) is 9.12. The number of hydrogen-bond acceptors (Lipinski definition) is 6. The fourth-order valence-electron chi connectivity index (χ4n) is 3.43. The van der Waals surface area contributed by atoms with Crippen LogP contribution in [0.4, 0.5) is 0 Å². The fraction of sp³-hybridized carbons (Fsp3) is 0.429. The minimum absolute atomic E-state index is 0.0760. The van der Waals surface area contributed by atoms with Gasteiger partial charge in [-0.2, -0.15) is 0 Å². The zero-order valence-electron chi connectivity index (χ0n) is 15.4. The zero-order valence-corrected chi connectivity index (χ0v) is 16.2. The third kappa shape index (κ3) is 4.00. The van der Waals surface area contributed by atoms with Crippen LogP contribution in [0.3, 0.4) is 0 Å². The summed E-state index contributed by atoms with van der Waals surface area (Å²) in [5.41, 5.74) is 0.778. The molecule has 0 aliphatic carbocycles. The van der Waals surface area contributed by atoms with E-state index in [0.29, 0.717) is 6.61 Å². The van der Waals surface area contributed by atoms with E-state index in [4.69, 9.17) is 18.9 Å². The second-order valence-corrected chi connectivity index (χ2v) is 8.03. The maximum Gasteiger partial charge on any atom is 0.184 e. The molecule has 2 aromatic carbocycles. The molecule has 27 heavy (non-hydrogen) atoms. The molecule has 0 spiro atoms. The predicted molar refractivity (Wildman–Crippen MR) is 103 cm³/mol. The average molecular weight is 388 g/mol. The van der Waals surface area contributed by atoms with Crippen LogP contribution in [0, 0.1) is 5.92 Å². The smallest absolute Gasteiger partial charge is 0.184 e. The van der Waals surface area contributed by atoms with Gasteiger partial charge in [0.15, 0.2) is 6.29 Å². The second-order valence-electron chi connectivity index (χ2n) is 6.86. The average Bonchev–Trinajstić information content (AvgIpc) is 2.73. The van der Waals surface area contributed by atoms with Crippen LogP contribution in [0.2, 0.25) is 0 Å². The molecule has 144 valence electrons. The lowest BCUT2D eigenvalue weighted by Crippen LogP contribution is -2.57. The highest BCUT2D eigenvalue weighted by molar-refractivity contribution is 7.99. The second kappa shape index (κ2) is 8.20. The van der Waals surface area contributed by atoms with Gasteiger partial charge in [-0.05, 0) is 24.3 Å². The van der Waals surface area contributed by atoms with Gasteiger partial charge in [0.2, 0.25) is 0 Å². The van der Waals surface area contributed by atoms with Crippen molar-refractivity contribution in [2.75, 3.05) is 13.7 Å². The lowest BCUT2D eigenvalue weighted by molar-refractivity contribution is -0.311. The van der Waals surface area contributed by atoms with Crippen LogP contribution >= 0.6 is 11.8 Å². The third-order valence-electron chi connectivity index (χ3n) is 5.06. The summed E-state index contributed by atoms with van der Waals surface area (Å²) in [6, 6.07) is 17.6. The van der Waals surface area contributed by atoms with Gasteiger partial charge < -0.3 is 24.1 Å². The number of rotatable bonds is 4. The van der Waals surface area contributed by atoms with Gasteiger partial charge >= 0.3 is 0 Å². The third-order valence-corrected chi connectivity index (χ3v) is 6.37. The molecule has 2 aromatic rings. The Balaban J connectivity index is 1.43. The maximum atomic E-state index is 10.9. The van der Waals surface area contributed by atoms with E-state index in [9.17, 15) is 5.11 Å². The summed E-state index contributed by atoms with van der Waals surface area (Å²) >= 11 is 1.60. The van der Waals surface area contributed by atoms with Crippen LogP contribution in [0.25, 0.3) is 0 Å². The Morgan fingerprint density at radius 3 is 2.48 bits per heavy atom. The van der Waals surface area contributed by atoms with Crippen molar-refractivity contribution in [2.24, 2.45) is 5.92 Å². The summed E-state index contributed by atoms with van der Waals surface area (Å²) in [7, 11) is 1.65. The highest BCUT2D eigenvalue weighted by Gasteiger charge is 2.47. The largest absolute Gasteiger partial charge is 0.497 e. The van der Waals surface area contributed by atoms with Gasteiger partial charge in [0.05, 0.1) is 19.8 Å². The van der Waals surface area contributed by atoms with Crippen LogP contribution in [0.15, 0.2) is 59.5 Å². The summed E-state index contributed by atoms with van der Waals surface area (Å²) < 4.78 is 23.4. The molecule has 2 aliphatic heterocycles. The molecular formula is C21H24O5S. The summed E-state index contributed by atoms with van der Waals surface area (Å²) in [5, 5.41) is 10.9. The normalized spacial score (nSPS) is 33.3. The molecule has 2 saturated heterocycles. The summed E-state index contributed by atoms with van der Waals surface area (Å²) in [5.74, 6) is 0.742. The van der Waals surface area contributed by atoms with Gasteiger partial charge in [-0.15, -0.1) is 0 Å². The molecule has 3 unspecified atom stereocenters. The van der Waals surface area contributed by atoms with Crippen molar-refractivity contribution >= 4 is 11.8 Å². The van der Waals surface area contributed by atoms with E-state index < -0.39 is 18.5 Å². The molecule has 4 rings (SSSR count). The van der Waals surface area contributed by atoms with E-state index in [1.54, 1.807) is 18.9 Å². The Labute approximate surface area is 163 Å². The molecule has 6 heteroatoms. The first kappa shape index (κ1) is 18.8. The summed E-state index contributed by atoms with van der Waals surface area (Å²) in [4.78, 5) is 1.07. The van der Waals surface area contributed by atoms with Gasteiger partial charge in [0.1, 0.15) is 23.4 Å². The Morgan fingerprint density at radius 2 is 1.78 bits per heavy atom. The quantitative estimate of drug-likeness (QED) is 0.863. The summed E-state index contributed by atoms with van der Waals surface area (Å²) in [6.45, 7) is 2.39. The SMILES string of the molecule is COc1ccc(S[C@@H]2OC3COC(c4ccccc4)O[C@@H]3[C@H](O)C2C)cc1. The van der Waals surface area contributed by atoms with Crippen molar-refractivity contribution in [1.29, 1.82) is 0 Å². The lowest BCUT2D eigenvalue weighted by Gasteiger charge is -2.47. The number of aliphatic hydroxyl groups excluding tert-OH is 1. The molecule has 0 aromatic heterocycles. The van der Waals surface area contributed by atoms with Crippen LogP contribution in [0.5, 0.6) is 5.75 Å². The molecule has 5 nitrogen and oxygen atoms in total. The van der Waals surface area contributed by atoms with Crippen molar-refractivity contribution in [2.45, 2.75) is 41.9 Å². The van der Waals surface area contributed by atoms with Gasteiger partial charge in [0, 0.05) is 16.4 Å². The van der Waals surface area contributed by atoms with Crippen molar-refractivity contribution in [3.8, 4) is 5.75 Å². The molecule has 0 saturated carbocycles. The standard InChI is InChI=1S/C21H24O5S/c1-13-18(22)19-17(12-24-20(26-19)14-6-4-3-5-7-14)25-21(13)27-16-10-8-15(23-2)9-11-16/h3-11,13,17-22H,12H2,1-2H3/t13?,17?,18-,19+,20?,21+/m1/s1. The molecule has 0 radical (unpaired) electrons. The Kier molecular flexibility index (Phi) is 5.71. The van der Waals surface area contributed by atoms with E-state index in [-0.39, 0.29) is 17.5 Å². The van der Waals surface area contributed by atoms with Gasteiger partial charge in [-0.1, -0.05) is 49.0 Å². The number of hydrogen-bond donors (Lipinski definition) is 1. The Morgan fingerprint density at radius 1 is 1.04 bits per heavy atom. The van der Waals surface area contributed by atoms with Crippen LogP contribution in [0.1, 0.15) is 18.8 Å². The Bertz CT molecular complexity index is 736. The van der Waals surface area contributed by atoms with Gasteiger partial charge in [-0.3, -0.25) is 0 Å². The molecule has 2 aliphatic rings. The molecule has 0 amide bonds. The first-order valence-corrected chi connectivity index (χ1v) is 10.00. The molecule has 2 heterocycles. The maximum absolute atomic E-state index is 10.9. The molecular weight excluding hydrogens is 364 g/mol. The molecule has 2 fully saturated rings. The minimum atomic E-state index is -0.616. The highest BCUT2D eigenvalue weighted by atomic mass is 32.2. The van der Waals surface area contributed by atoms with E-state index in [1.807, 2.05) is 61.5 Å². The van der Waals surface area contributed by atoms with E-state index in [1.165, 1.54) is 0 Å². The highest BCUT2D eigenvalue weighted by Crippen LogP contribution is 2.41. The number of methoxy groups -OCH3 is 1. The molecule has 0 bridgehead atoms. The van der Waals surface area contributed by atoms with Crippen molar-refractivity contribution < 1.29 is 24.1 Å². The number of ether oxygens (including phenoxy) is 4. The molecule has 6 atom stereocenters. The number of benzene rings is 2. The number of fused-ring (bicyclic) bond motifs is 1. The zero-order chi connectivity index (χ0) is 18.8. The van der Waals surface area contributed by atoms with Gasteiger partial charge in [0.25, 0.3) is 0 Å². The van der Waals surface area contributed by atoms with Crippen molar-refractivity contribution in [3.63, 3.8) is 0 Å². The predicted octanol–water partition coefficient (Wildman–Crippen LogP) is 3.62. The fourth-order valence-corrected chi connectivity index (χ4v) is 4.56. The Hall–Kier alpha value is -1.57. The summed E-state index contributed by atoms with van der Waals surface area (Å²) in [6.07, 6.45) is -1.77. The monoisotopic (exact) mass is 388 g/mol.